The average Bonchev–Trinajstić information content (AvgIpc) is 2.60. The number of fused-ring (bicyclic) bond motifs is 1. The smallest absolute Gasteiger partial charge is 0.293 e. The Morgan fingerprint density at radius 2 is 2.41 bits per heavy atom. The Bertz CT molecular complexity index is 521. The van der Waals surface area contributed by atoms with E-state index in [0.29, 0.717) is 29.6 Å². The largest absolute Gasteiger partial charge is 0.341 e. The highest BCUT2D eigenvalue weighted by molar-refractivity contribution is 6.64. The zero-order valence-corrected chi connectivity index (χ0v) is 9.83. The lowest BCUT2D eigenvalue weighted by Crippen LogP contribution is -2.24. The fourth-order valence-electron chi connectivity index (χ4n) is 1.53. The predicted molar refractivity (Wildman–Crippen MR) is 65.0 cm³/mol. The Labute approximate surface area is 103 Å². The van der Waals surface area contributed by atoms with E-state index >= 15 is 0 Å². The van der Waals surface area contributed by atoms with Gasteiger partial charge in [-0.1, -0.05) is 11.6 Å². The standard InChI is InChI=1S/C10H9BClFN3O/c1-16(11-5-17)4-10-14-8-2-6(12)7(13)3-9(8)15-10/h2-3,5H,4H2,1H3,(H,14,15). The van der Waals surface area contributed by atoms with E-state index < -0.39 is 5.82 Å². The van der Waals surface area contributed by atoms with Crippen LogP contribution in [0.5, 0.6) is 0 Å². The first-order valence-electron chi connectivity index (χ1n) is 4.92. The summed E-state index contributed by atoms with van der Waals surface area (Å²) < 4.78 is 13.2. The van der Waals surface area contributed by atoms with Crippen molar-refractivity contribution in [1.29, 1.82) is 0 Å². The molecule has 0 fully saturated rings. The van der Waals surface area contributed by atoms with Gasteiger partial charge >= 0.3 is 0 Å². The number of H-pyrrole nitrogens is 1. The van der Waals surface area contributed by atoms with Gasteiger partial charge in [-0.25, -0.2) is 9.37 Å². The Morgan fingerprint density at radius 3 is 3.12 bits per heavy atom. The molecular formula is C10H9BClFN3O. The Kier molecular flexibility index (Phi) is 3.45. The summed E-state index contributed by atoms with van der Waals surface area (Å²) in [6, 6.07) is 2.77. The van der Waals surface area contributed by atoms with E-state index in [9.17, 15) is 9.18 Å². The second-order valence-electron chi connectivity index (χ2n) is 3.67. The van der Waals surface area contributed by atoms with Gasteiger partial charge in [-0.05, 0) is 13.1 Å². The number of nitrogens with one attached hydrogen (secondary N) is 1. The van der Waals surface area contributed by atoms with Crippen molar-refractivity contribution in [2.45, 2.75) is 6.54 Å². The molecule has 0 saturated heterocycles. The molecule has 2 rings (SSSR count). The number of hydrogen-bond acceptors (Lipinski definition) is 3. The van der Waals surface area contributed by atoms with Crippen LogP contribution in [-0.2, 0) is 11.3 Å². The van der Waals surface area contributed by atoms with Gasteiger partial charge in [0.05, 0.1) is 22.2 Å². The van der Waals surface area contributed by atoms with Crippen LogP contribution in [0.2, 0.25) is 5.02 Å². The zero-order valence-electron chi connectivity index (χ0n) is 9.08. The van der Waals surface area contributed by atoms with Crippen LogP contribution >= 0.6 is 11.6 Å². The van der Waals surface area contributed by atoms with Gasteiger partial charge < -0.3 is 14.6 Å². The predicted octanol–water partition coefficient (Wildman–Crippen LogP) is 1.60. The summed E-state index contributed by atoms with van der Waals surface area (Å²) in [5, 5.41) is 0.0448. The topological polar surface area (TPSA) is 49.0 Å². The molecule has 1 N–H and O–H groups in total. The first kappa shape index (κ1) is 12.1. The summed E-state index contributed by atoms with van der Waals surface area (Å²) in [4.78, 5) is 19.2. The summed E-state index contributed by atoms with van der Waals surface area (Å²) >= 11 is 5.66. The molecule has 0 atom stereocenters. The van der Waals surface area contributed by atoms with E-state index in [0.717, 1.165) is 0 Å². The fourth-order valence-corrected chi connectivity index (χ4v) is 1.68. The minimum atomic E-state index is -0.484. The van der Waals surface area contributed by atoms with Gasteiger partial charge in [-0.2, -0.15) is 0 Å². The molecule has 0 aliphatic carbocycles. The quantitative estimate of drug-likeness (QED) is 0.664. The van der Waals surface area contributed by atoms with Crippen molar-refractivity contribution in [3.05, 3.63) is 28.8 Å². The minimum Gasteiger partial charge on any atom is -0.341 e. The number of nitrogens with zero attached hydrogens (tertiary/aromatic N) is 2. The molecule has 0 spiro atoms. The van der Waals surface area contributed by atoms with Crippen molar-refractivity contribution >= 4 is 36.2 Å². The average molecular weight is 252 g/mol. The number of imidazole rings is 1. The second-order valence-corrected chi connectivity index (χ2v) is 4.07. The first-order chi connectivity index (χ1) is 8.10. The summed E-state index contributed by atoms with van der Waals surface area (Å²) in [7, 11) is 3.13. The van der Waals surface area contributed by atoms with E-state index in [1.54, 1.807) is 11.9 Å². The van der Waals surface area contributed by atoms with Gasteiger partial charge in [0.15, 0.2) is 0 Å². The number of hydrogen-bond donors (Lipinski definition) is 1. The molecule has 1 aromatic carbocycles. The molecule has 0 saturated carbocycles. The third kappa shape index (κ3) is 2.65. The SMILES string of the molecule is CN([B]C=O)Cc1nc2cc(Cl)c(F)cc2[nH]1. The third-order valence-electron chi connectivity index (χ3n) is 2.29. The van der Waals surface area contributed by atoms with Crippen molar-refractivity contribution in [1.82, 2.24) is 14.8 Å². The molecule has 0 unspecified atom stereocenters. The Hall–Kier alpha value is -1.40. The van der Waals surface area contributed by atoms with E-state index in [4.69, 9.17) is 11.6 Å². The number of benzene rings is 1. The highest BCUT2D eigenvalue weighted by Gasteiger charge is 2.09. The number of aromatic amines is 1. The molecule has 0 aliphatic rings. The number of rotatable bonds is 4. The Morgan fingerprint density at radius 1 is 1.65 bits per heavy atom. The lowest BCUT2D eigenvalue weighted by molar-refractivity contribution is 0.513. The molecule has 17 heavy (non-hydrogen) atoms. The summed E-state index contributed by atoms with van der Waals surface area (Å²) in [5.74, 6) is 0.157. The normalized spacial score (nSPS) is 11.1. The first-order valence-corrected chi connectivity index (χ1v) is 5.30. The van der Waals surface area contributed by atoms with Crippen molar-refractivity contribution in [3.8, 4) is 0 Å². The lowest BCUT2D eigenvalue weighted by atomic mass is 9.96. The highest BCUT2D eigenvalue weighted by atomic mass is 35.5. The summed E-state index contributed by atoms with van der Waals surface area (Å²) in [5.41, 5.74) is 1.19. The summed E-state index contributed by atoms with van der Waals surface area (Å²) in [6.45, 7) is 0.437. The van der Waals surface area contributed by atoms with Gasteiger partial charge in [0, 0.05) is 12.6 Å². The monoisotopic (exact) mass is 252 g/mol. The van der Waals surface area contributed by atoms with Crippen molar-refractivity contribution in [2.24, 2.45) is 0 Å². The molecule has 0 aliphatic heterocycles. The molecule has 1 radical (unpaired) electrons. The van der Waals surface area contributed by atoms with E-state index in [1.807, 2.05) is 0 Å². The van der Waals surface area contributed by atoms with E-state index in [-0.39, 0.29) is 5.02 Å². The number of carbonyl (C=O) groups is 1. The molecular weight excluding hydrogens is 243 g/mol. The van der Waals surface area contributed by atoms with Crippen molar-refractivity contribution in [2.75, 3.05) is 7.05 Å². The van der Waals surface area contributed by atoms with Crippen LogP contribution < -0.4 is 0 Å². The van der Waals surface area contributed by atoms with E-state index in [1.165, 1.54) is 19.5 Å². The van der Waals surface area contributed by atoms with Crippen LogP contribution in [0.4, 0.5) is 4.39 Å². The van der Waals surface area contributed by atoms with Crippen LogP contribution in [0.1, 0.15) is 5.82 Å². The minimum absolute atomic E-state index is 0.0448. The van der Waals surface area contributed by atoms with Crippen LogP contribution in [0, 0.1) is 5.82 Å². The number of halogens is 2. The van der Waals surface area contributed by atoms with Gasteiger partial charge in [0.2, 0.25) is 0 Å². The van der Waals surface area contributed by atoms with Crippen LogP contribution in [0.25, 0.3) is 11.0 Å². The second kappa shape index (κ2) is 4.85. The third-order valence-corrected chi connectivity index (χ3v) is 2.58. The molecule has 1 aromatic heterocycles. The molecule has 2 aromatic rings. The number of carbonyl (C=O) groups excluding carboxylic acids is 1. The Balaban J connectivity index is 2.28. The van der Waals surface area contributed by atoms with Crippen LogP contribution in [0.15, 0.2) is 12.1 Å². The van der Waals surface area contributed by atoms with Gasteiger partial charge in [-0.15, -0.1) is 0 Å². The van der Waals surface area contributed by atoms with Crippen LogP contribution in [-0.4, -0.2) is 35.4 Å². The van der Waals surface area contributed by atoms with Gasteiger partial charge in [0.25, 0.3) is 7.41 Å². The molecule has 87 valence electrons. The fraction of sp³-hybridized carbons (Fsp3) is 0.200. The maximum Gasteiger partial charge on any atom is 0.293 e. The van der Waals surface area contributed by atoms with Gasteiger partial charge in [-0.3, -0.25) is 0 Å². The lowest BCUT2D eigenvalue weighted by Gasteiger charge is -2.08. The summed E-state index contributed by atoms with van der Waals surface area (Å²) in [6.07, 6.45) is 0.694. The highest BCUT2D eigenvalue weighted by Crippen LogP contribution is 2.21. The van der Waals surface area contributed by atoms with Crippen molar-refractivity contribution < 1.29 is 9.18 Å². The molecule has 7 heteroatoms. The molecule has 0 bridgehead atoms. The van der Waals surface area contributed by atoms with E-state index in [2.05, 4.69) is 9.97 Å². The maximum absolute atomic E-state index is 13.2. The van der Waals surface area contributed by atoms with Crippen LogP contribution in [0.3, 0.4) is 0 Å². The zero-order chi connectivity index (χ0) is 12.4. The molecule has 0 amide bonds. The molecule has 1 heterocycles. The van der Waals surface area contributed by atoms with Crippen molar-refractivity contribution in [3.63, 3.8) is 0 Å². The maximum atomic E-state index is 13.2. The molecule has 4 nitrogen and oxygen atoms in total. The van der Waals surface area contributed by atoms with Gasteiger partial charge in [0.1, 0.15) is 11.6 Å². The number of aromatic nitrogens is 2.